The Bertz CT molecular complexity index is 910. The molecule has 0 unspecified atom stereocenters. The van der Waals surface area contributed by atoms with E-state index in [-0.39, 0.29) is 13.1 Å². The largest absolute Gasteiger partial charge is 0.491 e. The first-order chi connectivity index (χ1) is 19.0. The molecule has 1 rings (SSSR count). The fraction of sp³-hybridized carbons (Fsp3) is 0.652. The molecule has 0 aliphatic heterocycles. The first kappa shape index (κ1) is 36.5. The molecular formula is C23H35F3N2O13. The normalized spacial score (nSPS) is 18.1. The van der Waals surface area contributed by atoms with Crippen molar-refractivity contribution < 1.29 is 78.6 Å². The summed E-state index contributed by atoms with van der Waals surface area (Å²) in [6, 6.07) is 5.74. The van der Waals surface area contributed by atoms with E-state index in [0.29, 0.717) is 11.1 Å². The zero-order chi connectivity index (χ0) is 31.5. The molecular weight excluding hydrogens is 569 g/mol. The zero-order valence-electron chi connectivity index (χ0n) is 21.4. The quantitative estimate of drug-likeness (QED) is 0.0630. The molecule has 15 nitrogen and oxygen atoms in total. The molecule has 0 saturated heterocycles. The van der Waals surface area contributed by atoms with Gasteiger partial charge in [-0.3, -0.25) is 4.90 Å². The summed E-state index contributed by atoms with van der Waals surface area (Å²) in [5.74, 6) is -2.69. The van der Waals surface area contributed by atoms with Crippen LogP contribution in [0, 0.1) is 0 Å². The van der Waals surface area contributed by atoms with Crippen LogP contribution in [-0.2, 0) is 22.6 Å². The highest BCUT2D eigenvalue weighted by Gasteiger charge is 2.42. The predicted molar refractivity (Wildman–Crippen MR) is 128 cm³/mol. The van der Waals surface area contributed by atoms with Gasteiger partial charge in [0.25, 0.3) is 0 Å². The third-order valence-corrected chi connectivity index (χ3v) is 5.82. The summed E-state index contributed by atoms with van der Waals surface area (Å²) in [5, 5.41) is 99.7. The van der Waals surface area contributed by atoms with Crippen LogP contribution in [0.25, 0.3) is 0 Å². The van der Waals surface area contributed by atoms with Crippen molar-refractivity contribution in [3.05, 3.63) is 35.4 Å². The van der Waals surface area contributed by atoms with Gasteiger partial charge >= 0.3 is 18.2 Å². The van der Waals surface area contributed by atoms with E-state index in [1.54, 1.807) is 0 Å². The van der Waals surface area contributed by atoms with Crippen LogP contribution in [0.2, 0.25) is 0 Å². The summed E-state index contributed by atoms with van der Waals surface area (Å²) in [6.07, 6.45) is -22.0. The van der Waals surface area contributed by atoms with Crippen LogP contribution in [0.3, 0.4) is 0 Å². The Morgan fingerprint density at radius 2 is 1.12 bits per heavy atom. The molecule has 0 fully saturated rings. The van der Waals surface area contributed by atoms with Crippen LogP contribution in [0.4, 0.5) is 18.0 Å². The average molecular weight is 605 g/mol. The number of ether oxygens (including phenoxy) is 1. The Kier molecular flexibility index (Phi) is 15.0. The fourth-order valence-electron chi connectivity index (χ4n) is 3.45. The van der Waals surface area contributed by atoms with E-state index in [1.807, 2.05) is 5.32 Å². The summed E-state index contributed by atoms with van der Waals surface area (Å²) in [4.78, 5) is 23.3. The molecule has 0 bridgehead atoms. The van der Waals surface area contributed by atoms with Crippen LogP contribution in [-0.4, -0.2) is 149 Å². The monoisotopic (exact) mass is 604 g/mol. The fourth-order valence-corrected chi connectivity index (χ4v) is 3.45. The number of hydrogen-bond acceptors (Lipinski definition) is 14. The highest BCUT2D eigenvalue weighted by Crippen LogP contribution is 2.17. The lowest BCUT2D eigenvalue weighted by molar-refractivity contribution is -0.192. The minimum atomic E-state index is -5.36. The van der Waals surface area contributed by atoms with E-state index in [1.165, 1.54) is 29.2 Å². The van der Waals surface area contributed by atoms with Crippen molar-refractivity contribution in [3.8, 4) is 0 Å². The number of aliphatic hydroxyl groups excluding tert-OH is 10. The number of alkyl carbamates (subject to hydrolysis) is 1. The van der Waals surface area contributed by atoms with E-state index in [2.05, 4.69) is 4.74 Å². The van der Waals surface area contributed by atoms with Crippen molar-refractivity contribution in [2.24, 2.45) is 0 Å². The molecule has 8 atom stereocenters. The van der Waals surface area contributed by atoms with Crippen molar-refractivity contribution in [1.82, 2.24) is 10.2 Å². The number of carbonyl (C=O) groups excluding carboxylic acids is 2. The number of esters is 1. The smallest absolute Gasteiger partial charge is 0.394 e. The maximum Gasteiger partial charge on any atom is 0.491 e. The lowest BCUT2D eigenvalue weighted by Crippen LogP contribution is -2.53. The number of carbonyl (C=O) groups is 2. The van der Waals surface area contributed by atoms with Crippen LogP contribution >= 0.6 is 0 Å². The molecule has 0 aliphatic carbocycles. The molecule has 0 aliphatic rings. The number of nitrogens with zero attached hydrogens (tertiary/aromatic N) is 1. The van der Waals surface area contributed by atoms with Crippen LogP contribution < -0.4 is 5.32 Å². The number of amides is 1. The maximum atomic E-state index is 12.2. The summed E-state index contributed by atoms with van der Waals surface area (Å²) in [7, 11) is 0. The lowest BCUT2D eigenvalue weighted by Gasteiger charge is -2.33. The number of nitrogens with one attached hydrogen (secondary N) is 1. The number of benzene rings is 1. The number of aliphatic hydroxyl groups is 10. The molecule has 0 aromatic heterocycles. The second-order valence-electron chi connectivity index (χ2n) is 9.14. The van der Waals surface area contributed by atoms with Gasteiger partial charge in [0.15, 0.2) is 0 Å². The first-order valence-corrected chi connectivity index (χ1v) is 12.0. The van der Waals surface area contributed by atoms with E-state index >= 15 is 0 Å². The number of rotatable bonds is 16. The summed E-state index contributed by atoms with van der Waals surface area (Å²) >= 11 is 0. The molecule has 0 radical (unpaired) electrons. The molecule has 11 N–H and O–H groups in total. The van der Waals surface area contributed by atoms with E-state index < -0.39 is 93.4 Å². The predicted octanol–water partition coefficient (Wildman–Crippen LogP) is -4.32. The molecule has 1 amide bonds. The molecule has 1 aromatic carbocycles. The van der Waals surface area contributed by atoms with E-state index in [0.717, 1.165) is 0 Å². The topological polar surface area (TPSA) is 261 Å². The highest BCUT2D eigenvalue weighted by molar-refractivity contribution is 5.87. The first-order valence-electron chi connectivity index (χ1n) is 12.0. The highest BCUT2D eigenvalue weighted by atomic mass is 19.4. The van der Waals surface area contributed by atoms with Gasteiger partial charge in [0, 0.05) is 26.2 Å². The van der Waals surface area contributed by atoms with Gasteiger partial charge < -0.3 is 61.1 Å². The van der Waals surface area contributed by atoms with Gasteiger partial charge in [-0.05, 0) is 11.1 Å². The minimum absolute atomic E-state index is 0.138. The maximum absolute atomic E-state index is 12.2. The van der Waals surface area contributed by atoms with Gasteiger partial charge in [0.2, 0.25) is 0 Å². The Morgan fingerprint density at radius 1 is 0.732 bits per heavy atom. The SMILES string of the molecule is O=C(NCc1ccc(CN(C[C@H](O)[C@@H](O)[C@H](O)[C@H](O)CO)C[C@H](O)[C@@H](O)[C@H](O)[C@H](O)CO)cc1)OC(=O)C(F)(F)F. The third-order valence-electron chi connectivity index (χ3n) is 5.82. The van der Waals surface area contributed by atoms with Crippen molar-refractivity contribution in [2.45, 2.75) is 68.1 Å². The number of hydrogen-bond donors (Lipinski definition) is 11. The Balaban J connectivity index is 2.96. The van der Waals surface area contributed by atoms with Gasteiger partial charge in [0.1, 0.15) is 36.6 Å². The molecule has 18 heteroatoms. The van der Waals surface area contributed by atoms with Gasteiger partial charge in [-0.25, -0.2) is 9.59 Å². The van der Waals surface area contributed by atoms with Gasteiger partial charge in [0.05, 0.1) is 25.4 Å². The van der Waals surface area contributed by atoms with Crippen LogP contribution in [0.15, 0.2) is 24.3 Å². The second-order valence-corrected chi connectivity index (χ2v) is 9.14. The average Bonchev–Trinajstić information content (AvgIpc) is 2.93. The van der Waals surface area contributed by atoms with Crippen molar-refractivity contribution in [1.29, 1.82) is 0 Å². The zero-order valence-corrected chi connectivity index (χ0v) is 21.4. The van der Waals surface area contributed by atoms with E-state index in [4.69, 9.17) is 10.2 Å². The number of halogens is 3. The molecule has 0 spiro atoms. The molecule has 236 valence electrons. The van der Waals surface area contributed by atoms with Crippen molar-refractivity contribution in [2.75, 3.05) is 26.3 Å². The Hall–Kier alpha value is -2.49. The molecule has 1 aromatic rings. The van der Waals surface area contributed by atoms with Crippen LogP contribution in [0.5, 0.6) is 0 Å². The minimum Gasteiger partial charge on any atom is -0.394 e. The summed E-state index contributed by atoms with van der Waals surface area (Å²) in [6.45, 7) is -3.35. The van der Waals surface area contributed by atoms with Crippen LogP contribution in [0.1, 0.15) is 11.1 Å². The molecule has 41 heavy (non-hydrogen) atoms. The van der Waals surface area contributed by atoms with Crippen molar-refractivity contribution in [3.63, 3.8) is 0 Å². The van der Waals surface area contributed by atoms with Gasteiger partial charge in [-0.15, -0.1) is 0 Å². The molecule has 0 saturated carbocycles. The lowest BCUT2D eigenvalue weighted by atomic mass is 10.0. The summed E-state index contributed by atoms with van der Waals surface area (Å²) in [5.41, 5.74) is 0.795. The van der Waals surface area contributed by atoms with Gasteiger partial charge in [-0.2, -0.15) is 13.2 Å². The Morgan fingerprint density at radius 3 is 1.51 bits per heavy atom. The Labute approximate surface area is 231 Å². The van der Waals surface area contributed by atoms with Gasteiger partial charge in [-0.1, -0.05) is 24.3 Å². The van der Waals surface area contributed by atoms with Crippen molar-refractivity contribution >= 4 is 12.1 Å². The third kappa shape index (κ3) is 12.1. The molecule has 0 heterocycles. The standard InChI is InChI=1S/C23H35F3N2O13/c24-23(25,26)21(39)41-22(40)27-5-11-1-3-12(4-2-11)6-28(7-13(31)17(35)19(37)15(33)9-29)8-14(32)18(36)20(38)16(34)10-30/h1-4,13-20,29-38H,5-10H2,(H,27,40)/t13-,14-,15+,16+,17+,18+,19+,20+/m0/s1. The second kappa shape index (κ2) is 16.8. The summed E-state index contributed by atoms with van der Waals surface area (Å²) < 4.78 is 40.1. The van der Waals surface area contributed by atoms with E-state index in [9.17, 15) is 63.6 Å². The number of alkyl halides is 3.